The molecule has 2 aromatic heterocycles. The van der Waals surface area contributed by atoms with E-state index in [1.165, 1.54) is 6.33 Å². The molecule has 0 atom stereocenters. The fourth-order valence-electron chi connectivity index (χ4n) is 3.67. The standard InChI is InChI=1S/C20H25ClN6O/c21-16-4-1-2-5-17(16)28-12-15-6-10-26(11-7-15)8-3-9-27-14-25-18-19(22)23-13-24-20(18)27/h1-2,4-5,13-15H,3,6-12H2,(H2,22,23,24). The summed E-state index contributed by atoms with van der Waals surface area (Å²) >= 11 is 6.16. The minimum atomic E-state index is 0.435. The predicted octanol–water partition coefficient (Wildman–Crippen LogP) is 3.24. The average molecular weight is 401 g/mol. The molecule has 0 aliphatic carbocycles. The lowest BCUT2D eigenvalue weighted by Crippen LogP contribution is -2.36. The van der Waals surface area contributed by atoms with E-state index >= 15 is 0 Å². The van der Waals surface area contributed by atoms with Gasteiger partial charge >= 0.3 is 0 Å². The number of imidazole rings is 1. The van der Waals surface area contributed by atoms with Crippen LogP contribution in [0.15, 0.2) is 36.9 Å². The topological polar surface area (TPSA) is 82.1 Å². The first-order chi connectivity index (χ1) is 13.7. The van der Waals surface area contributed by atoms with Crippen molar-refractivity contribution in [2.24, 2.45) is 5.92 Å². The zero-order chi connectivity index (χ0) is 19.3. The second kappa shape index (κ2) is 8.75. The number of hydrogen-bond donors (Lipinski definition) is 1. The number of ether oxygens (including phenoxy) is 1. The van der Waals surface area contributed by atoms with E-state index in [1.54, 1.807) is 6.33 Å². The van der Waals surface area contributed by atoms with Crippen LogP contribution in [0.4, 0.5) is 5.82 Å². The quantitative estimate of drug-likeness (QED) is 0.655. The normalized spacial score (nSPS) is 15.9. The first kappa shape index (κ1) is 19.0. The number of fused-ring (bicyclic) bond motifs is 1. The molecule has 1 aliphatic heterocycles. The lowest BCUT2D eigenvalue weighted by molar-refractivity contribution is 0.139. The van der Waals surface area contributed by atoms with Gasteiger partial charge in [-0.1, -0.05) is 23.7 Å². The summed E-state index contributed by atoms with van der Waals surface area (Å²) in [6.45, 7) is 4.90. The molecular formula is C20H25ClN6O. The molecule has 0 spiro atoms. The van der Waals surface area contributed by atoms with Crippen LogP contribution >= 0.6 is 11.6 Å². The highest BCUT2D eigenvalue weighted by molar-refractivity contribution is 6.32. The van der Waals surface area contributed by atoms with E-state index in [9.17, 15) is 0 Å². The molecule has 28 heavy (non-hydrogen) atoms. The van der Waals surface area contributed by atoms with Crippen LogP contribution in [-0.2, 0) is 6.54 Å². The van der Waals surface area contributed by atoms with Crippen LogP contribution in [0.25, 0.3) is 11.2 Å². The van der Waals surface area contributed by atoms with Crippen LogP contribution in [0, 0.1) is 5.92 Å². The Hall–Kier alpha value is -2.38. The number of aromatic nitrogens is 4. The molecule has 0 bridgehead atoms. The fourth-order valence-corrected chi connectivity index (χ4v) is 3.86. The third-order valence-corrected chi connectivity index (χ3v) is 5.63. The molecule has 8 heteroatoms. The molecular weight excluding hydrogens is 376 g/mol. The number of piperidine rings is 1. The first-order valence-electron chi connectivity index (χ1n) is 9.71. The molecule has 3 heterocycles. The van der Waals surface area contributed by atoms with Gasteiger partial charge in [0.15, 0.2) is 11.5 Å². The van der Waals surface area contributed by atoms with E-state index < -0.39 is 0 Å². The van der Waals surface area contributed by atoms with Gasteiger partial charge < -0.3 is 19.9 Å². The van der Waals surface area contributed by atoms with Crippen molar-refractivity contribution in [3.8, 4) is 5.75 Å². The van der Waals surface area contributed by atoms with Crippen LogP contribution < -0.4 is 10.5 Å². The van der Waals surface area contributed by atoms with E-state index in [1.807, 2.05) is 24.3 Å². The number of nitrogen functional groups attached to an aromatic ring is 1. The average Bonchev–Trinajstić information content (AvgIpc) is 3.13. The number of likely N-dealkylation sites (tertiary alicyclic amines) is 1. The van der Waals surface area contributed by atoms with E-state index in [0.29, 0.717) is 22.3 Å². The maximum Gasteiger partial charge on any atom is 0.165 e. The minimum absolute atomic E-state index is 0.435. The second-order valence-electron chi connectivity index (χ2n) is 7.25. The Morgan fingerprint density at radius 2 is 1.93 bits per heavy atom. The minimum Gasteiger partial charge on any atom is -0.492 e. The molecule has 0 radical (unpaired) electrons. The zero-order valence-electron chi connectivity index (χ0n) is 15.8. The van der Waals surface area contributed by atoms with Gasteiger partial charge in [0.2, 0.25) is 0 Å². The second-order valence-corrected chi connectivity index (χ2v) is 7.66. The van der Waals surface area contributed by atoms with E-state index in [0.717, 1.165) is 63.4 Å². The van der Waals surface area contributed by atoms with E-state index in [-0.39, 0.29) is 0 Å². The number of halogens is 1. The highest BCUT2D eigenvalue weighted by Crippen LogP contribution is 2.25. The predicted molar refractivity (Wildman–Crippen MR) is 110 cm³/mol. The number of rotatable bonds is 7. The highest BCUT2D eigenvalue weighted by atomic mass is 35.5. The number of nitrogens with two attached hydrogens (primary N) is 1. The summed E-state index contributed by atoms with van der Waals surface area (Å²) in [7, 11) is 0. The summed E-state index contributed by atoms with van der Waals surface area (Å²) in [5, 5.41) is 0.680. The Labute approximate surface area is 169 Å². The number of aryl methyl sites for hydroxylation is 1. The largest absolute Gasteiger partial charge is 0.492 e. The Kier molecular flexibility index (Phi) is 5.92. The third kappa shape index (κ3) is 4.36. The molecule has 0 saturated carbocycles. The lowest BCUT2D eigenvalue weighted by atomic mass is 9.97. The van der Waals surface area contributed by atoms with Gasteiger partial charge in [0.05, 0.1) is 18.0 Å². The van der Waals surface area contributed by atoms with Gasteiger partial charge in [-0.3, -0.25) is 0 Å². The van der Waals surface area contributed by atoms with Gasteiger partial charge in [0.25, 0.3) is 0 Å². The molecule has 1 aliphatic rings. The van der Waals surface area contributed by atoms with E-state index in [4.69, 9.17) is 22.1 Å². The molecule has 148 valence electrons. The molecule has 7 nitrogen and oxygen atoms in total. The molecule has 4 rings (SSSR count). The number of benzene rings is 1. The van der Waals surface area contributed by atoms with E-state index in [2.05, 4.69) is 24.4 Å². The van der Waals surface area contributed by atoms with Crippen molar-refractivity contribution in [3.05, 3.63) is 41.9 Å². The van der Waals surface area contributed by atoms with Gasteiger partial charge in [-0.15, -0.1) is 0 Å². The van der Waals surface area contributed by atoms with Crippen molar-refractivity contribution >= 4 is 28.6 Å². The summed E-state index contributed by atoms with van der Waals surface area (Å²) in [5.74, 6) is 1.80. The number of nitrogens with zero attached hydrogens (tertiary/aromatic N) is 5. The molecule has 1 saturated heterocycles. The third-order valence-electron chi connectivity index (χ3n) is 5.32. The highest BCUT2D eigenvalue weighted by Gasteiger charge is 2.20. The smallest absolute Gasteiger partial charge is 0.165 e. The van der Waals surface area contributed by atoms with Crippen molar-refractivity contribution < 1.29 is 4.74 Å². The summed E-state index contributed by atoms with van der Waals surface area (Å²) in [6.07, 6.45) is 6.65. The molecule has 2 N–H and O–H groups in total. The Morgan fingerprint density at radius 1 is 1.11 bits per heavy atom. The van der Waals surface area contributed by atoms with Gasteiger partial charge in [0, 0.05) is 6.54 Å². The van der Waals surface area contributed by atoms with Crippen molar-refractivity contribution in [1.29, 1.82) is 0 Å². The lowest BCUT2D eigenvalue weighted by Gasteiger charge is -2.31. The van der Waals surface area contributed by atoms with Crippen LogP contribution in [0.1, 0.15) is 19.3 Å². The first-order valence-corrected chi connectivity index (χ1v) is 10.1. The van der Waals surface area contributed by atoms with Crippen LogP contribution in [-0.4, -0.2) is 50.7 Å². The summed E-state index contributed by atoms with van der Waals surface area (Å²) in [5.41, 5.74) is 7.34. The summed E-state index contributed by atoms with van der Waals surface area (Å²) < 4.78 is 7.96. The number of anilines is 1. The van der Waals surface area contributed by atoms with Gasteiger partial charge in [-0.25, -0.2) is 15.0 Å². The van der Waals surface area contributed by atoms with Crippen molar-refractivity contribution in [3.63, 3.8) is 0 Å². The van der Waals surface area contributed by atoms with Gasteiger partial charge in [0.1, 0.15) is 17.6 Å². The monoisotopic (exact) mass is 400 g/mol. The van der Waals surface area contributed by atoms with Crippen LogP contribution in [0.3, 0.4) is 0 Å². The maximum atomic E-state index is 6.16. The van der Waals surface area contributed by atoms with Crippen molar-refractivity contribution in [2.45, 2.75) is 25.8 Å². The molecule has 0 unspecified atom stereocenters. The molecule has 3 aromatic rings. The summed E-state index contributed by atoms with van der Waals surface area (Å²) in [6, 6.07) is 7.66. The maximum absolute atomic E-state index is 6.16. The molecule has 1 aromatic carbocycles. The Morgan fingerprint density at radius 3 is 2.75 bits per heavy atom. The van der Waals surface area contributed by atoms with Gasteiger partial charge in [-0.2, -0.15) is 0 Å². The SMILES string of the molecule is Nc1ncnc2c1ncn2CCCN1CCC(COc2ccccc2Cl)CC1. The Balaban J connectivity index is 1.19. The van der Waals surface area contributed by atoms with Gasteiger partial charge in [-0.05, 0) is 56.9 Å². The number of hydrogen-bond acceptors (Lipinski definition) is 6. The number of para-hydroxylation sites is 1. The molecule has 1 fully saturated rings. The zero-order valence-corrected chi connectivity index (χ0v) is 16.6. The van der Waals surface area contributed by atoms with Crippen molar-refractivity contribution in [1.82, 2.24) is 24.4 Å². The fraction of sp³-hybridized carbons (Fsp3) is 0.450. The van der Waals surface area contributed by atoms with Crippen LogP contribution in [0.5, 0.6) is 5.75 Å². The van der Waals surface area contributed by atoms with Crippen LogP contribution in [0.2, 0.25) is 5.02 Å². The van der Waals surface area contributed by atoms with Crippen molar-refractivity contribution in [2.75, 3.05) is 32.0 Å². The molecule has 0 amide bonds. The summed E-state index contributed by atoms with van der Waals surface area (Å²) in [4.78, 5) is 15.1. The Bertz CT molecular complexity index is 922.